The van der Waals surface area contributed by atoms with Gasteiger partial charge in [0.05, 0.1) is 34.0 Å². The molecule has 2 amide bonds. The van der Waals surface area contributed by atoms with Crippen LogP contribution >= 0.6 is 39.1 Å². The summed E-state index contributed by atoms with van der Waals surface area (Å²) >= 11 is 16.2. The summed E-state index contributed by atoms with van der Waals surface area (Å²) in [6, 6.07) is 11.2. The summed E-state index contributed by atoms with van der Waals surface area (Å²) in [6.45, 7) is 7.04. The second-order valence-corrected chi connectivity index (χ2v) is 14.2. The average Bonchev–Trinajstić information content (AvgIpc) is 3.04. The number of hydrogen-bond donors (Lipinski definition) is 3. The maximum absolute atomic E-state index is 13.5. The third kappa shape index (κ3) is 11.2. The van der Waals surface area contributed by atoms with Crippen LogP contribution in [0.3, 0.4) is 0 Å². The van der Waals surface area contributed by atoms with Crippen molar-refractivity contribution >= 4 is 62.9 Å². The number of cyclic esters (lactones) is 2. The first-order valence-electron chi connectivity index (χ1n) is 15.8. The monoisotopic (exact) mass is 768 g/mol. The quantitative estimate of drug-likeness (QED) is 0.217. The lowest BCUT2D eigenvalue weighted by molar-refractivity contribution is -0.176. The maximum Gasteiger partial charge on any atom is 0.347 e. The molecular formula is C35H43BrCl2N2O8. The van der Waals surface area contributed by atoms with E-state index in [9.17, 15) is 24.3 Å². The van der Waals surface area contributed by atoms with Crippen LogP contribution in [-0.2, 0) is 35.1 Å². The van der Waals surface area contributed by atoms with E-state index in [0.29, 0.717) is 11.1 Å². The Kier molecular flexibility index (Phi) is 15.2. The first kappa shape index (κ1) is 39.3. The van der Waals surface area contributed by atoms with Crippen LogP contribution < -0.4 is 15.4 Å². The number of halogens is 3. The van der Waals surface area contributed by atoms with Crippen molar-refractivity contribution in [3.05, 3.63) is 75.8 Å². The van der Waals surface area contributed by atoms with Gasteiger partial charge >= 0.3 is 11.9 Å². The SMILES string of the molecule is COc1c(Cl)cc(C[C@H]2NC(=O)/C=C/C[C@@H]([C@H](C)C(Br)[C@H](O)c3ccccc3)OC(=O)[C@H](CC(C)C)OC(=O)[C@H](C)CNC2=O)cc1Cl. The van der Waals surface area contributed by atoms with E-state index in [1.165, 1.54) is 19.3 Å². The molecule has 10 nitrogen and oxygen atoms in total. The van der Waals surface area contributed by atoms with Crippen LogP contribution in [0.1, 0.15) is 57.8 Å². The van der Waals surface area contributed by atoms with Crippen LogP contribution in [0.25, 0.3) is 0 Å². The van der Waals surface area contributed by atoms with Gasteiger partial charge in [0.2, 0.25) is 11.8 Å². The number of aliphatic hydroxyl groups is 1. The first-order chi connectivity index (χ1) is 22.7. The highest BCUT2D eigenvalue weighted by Crippen LogP contribution is 2.35. The Bertz CT molecular complexity index is 1430. The third-order valence-corrected chi connectivity index (χ3v) is 9.86. The van der Waals surface area contributed by atoms with Gasteiger partial charge in [0.15, 0.2) is 11.9 Å². The van der Waals surface area contributed by atoms with Crippen LogP contribution in [-0.4, -0.2) is 65.6 Å². The largest absolute Gasteiger partial charge is 0.494 e. The van der Waals surface area contributed by atoms with Gasteiger partial charge in [-0.25, -0.2) is 4.79 Å². The Morgan fingerprint density at radius 1 is 1.02 bits per heavy atom. The molecule has 0 spiro atoms. The highest BCUT2D eigenvalue weighted by atomic mass is 79.9. The van der Waals surface area contributed by atoms with Gasteiger partial charge in [-0.05, 0) is 41.7 Å². The second kappa shape index (κ2) is 18.6. The van der Waals surface area contributed by atoms with Gasteiger partial charge in [-0.15, -0.1) is 0 Å². The number of nitrogens with one attached hydrogen (secondary N) is 2. The predicted molar refractivity (Wildman–Crippen MR) is 187 cm³/mol. The van der Waals surface area contributed by atoms with Crippen molar-refractivity contribution in [2.45, 2.75) is 76.1 Å². The zero-order valence-corrected chi connectivity index (χ0v) is 30.7. The summed E-state index contributed by atoms with van der Waals surface area (Å²) in [5.41, 5.74) is 1.24. The van der Waals surface area contributed by atoms with Crippen LogP contribution in [0.4, 0.5) is 0 Å². The molecule has 1 unspecified atom stereocenters. The molecule has 3 rings (SSSR count). The highest BCUT2D eigenvalue weighted by molar-refractivity contribution is 9.09. The normalized spacial score (nSPS) is 24.0. The smallest absolute Gasteiger partial charge is 0.347 e. The molecule has 1 aliphatic heterocycles. The summed E-state index contributed by atoms with van der Waals surface area (Å²) in [7, 11) is 1.43. The van der Waals surface area contributed by atoms with Crippen molar-refractivity contribution in [1.29, 1.82) is 0 Å². The number of aliphatic hydroxyl groups excluding tert-OH is 1. The zero-order chi connectivity index (χ0) is 35.5. The fourth-order valence-electron chi connectivity index (χ4n) is 5.16. The molecule has 262 valence electrons. The Labute approximate surface area is 300 Å². The van der Waals surface area contributed by atoms with E-state index < -0.39 is 64.8 Å². The summed E-state index contributed by atoms with van der Waals surface area (Å²) < 4.78 is 16.8. The molecule has 2 aromatic carbocycles. The van der Waals surface area contributed by atoms with Crippen molar-refractivity contribution < 1.29 is 38.5 Å². The fourth-order valence-corrected chi connectivity index (χ4v) is 6.49. The lowest BCUT2D eigenvalue weighted by Crippen LogP contribution is -2.49. The molecule has 0 aromatic heterocycles. The molecule has 13 heteroatoms. The molecule has 0 saturated heterocycles. The van der Waals surface area contributed by atoms with Gasteiger partial charge in [-0.3, -0.25) is 14.4 Å². The number of amides is 2. The molecule has 1 heterocycles. The van der Waals surface area contributed by atoms with E-state index >= 15 is 0 Å². The van der Waals surface area contributed by atoms with Gasteiger partial charge in [-0.2, -0.15) is 0 Å². The zero-order valence-electron chi connectivity index (χ0n) is 27.6. The van der Waals surface area contributed by atoms with E-state index in [1.54, 1.807) is 31.2 Å². The van der Waals surface area contributed by atoms with Crippen LogP contribution in [0.15, 0.2) is 54.6 Å². The Morgan fingerprint density at radius 3 is 2.27 bits per heavy atom. The van der Waals surface area contributed by atoms with Crippen molar-refractivity contribution in [3.8, 4) is 5.75 Å². The number of benzene rings is 2. The lowest BCUT2D eigenvalue weighted by Gasteiger charge is -2.31. The molecule has 48 heavy (non-hydrogen) atoms. The minimum atomic E-state index is -1.20. The van der Waals surface area contributed by atoms with E-state index in [2.05, 4.69) is 26.6 Å². The molecule has 3 N–H and O–H groups in total. The maximum atomic E-state index is 13.5. The summed E-state index contributed by atoms with van der Waals surface area (Å²) in [5, 5.41) is 17.0. The molecule has 2 aromatic rings. The van der Waals surface area contributed by atoms with Gasteiger partial charge < -0.3 is 30.0 Å². The summed E-state index contributed by atoms with van der Waals surface area (Å²) in [6.07, 6.45) is 0.165. The fraction of sp³-hybridized carbons (Fsp3) is 0.486. The number of alkyl halides is 1. The standard InChI is InChI=1S/C35H43BrCl2N2O8/c1-19(2)14-28-35(45)47-27(21(4)30(36)31(42)23-10-7-6-8-11-23)12-9-13-29(41)40-26(33(43)39-18-20(3)34(44)48-28)17-22-15-24(37)32(46-5)25(38)16-22/h6-11,13,15-16,19-21,26-28,30-31,42H,12,14,17-18H2,1-5H3,(H,39,43)(H,40,41)/b13-9+/t20-,21+,26-,27+,28+,30?,31-/m1/s1. The number of ether oxygens (including phenoxy) is 3. The molecule has 0 saturated carbocycles. The van der Waals surface area contributed by atoms with Gasteiger partial charge in [0.25, 0.3) is 0 Å². The van der Waals surface area contributed by atoms with Crippen molar-refractivity contribution in [2.75, 3.05) is 13.7 Å². The van der Waals surface area contributed by atoms with Crippen molar-refractivity contribution in [2.24, 2.45) is 17.8 Å². The highest BCUT2D eigenvalue weighted by Gasteiger charge is 2.35. The van der Waals surface area contributed by atoms with Crippen LogP contribution in [0, 0.1) is 17.8 Å². The minimum absolute atomic E-state index is 0.0139. The van der Waals surface area contributed by atoms with E-state index in [0.717, 1.165) is 0 Å². The van der Waals surface area contributed by atoms with Gasteiger partial charge in [0, 0.05) is 25.3 Å². The van der Waals surface area contributed by atoms with E-state index in [1.807, 2.05) is 39.0 Å². The molecule has 7 atom stereocenters. The minimum Gasteiger partial charge on any atom is -0.494 e. The lowest BCUT2D eigenvalue weighted by atomic mass is 9.91. The third-order valence-electron chi connectivity index (χ3n) is 7.96. The summed E-state index contributed by atoms with van der Waals surface area (Å²) in [5.74, 6) is -3.57. The van der Waals surface area contributed by atoms with E-state index in [4.69, 9.17) is 37.4 Å². The molecule has 0 aliphatic carbocycles. The predicted octanol–water partition coefficient (Wildman–Crippen LogP) is 5.74. The average molecular weight is 771 g/mol. The van der Waals surface area contributed by atoms with Gasteiger partial charge in [0.1, 0.15) is 12.1 Å². The molecule has 0 fully saturated rings. The van der Waals surface area contributed by atoms with Crippen LogP contribution in [0.2, 0.25) is 10.0 Å². The molecule has 1 aliphatic rings. The Hall–Kier alpha value is -3.12. The number of carbonyl (C=O) groups is 4. The van der Waals surface area contributed by atoms with Crippen molar-refractivity contribution in [3.63, 3.8) is 0 Å². The van der Waals surface area contributed by atoms with Gasteiger partial charge in [-0.1, -0.05) is 103 Å². The topological polar surface area (TPSA) is 140 Å². The Balaban J connectivity index is 1.94. The molecule has 0 radical (unpaired) electrons. The molecular weight excluding hydrogens is 727 g/mol. The number of esters is 2. The number of rotatable bonds is 9. The number of methoxy groups -OCH3 is 1. The first-order valence-corrected chi connectivity index (χ1v) is 17.4. The summed E-state index contributed by atoms with van der Waals surface area (Å²) in [4.78, 5) is 52.6. The Morgan fingerprint density at radius 2 is 1.67 bits per heavy atom. The molecule has 0 bridgehead atoms. The van der Waals surface area contributed by atoms with Crippen molar-refractivity contribution in [1.82, 2.24) is 10.6 Å². The van der Waals surface area contributed by atoms with Crippen LogP contribution in [0.5, 0.6) is 5.75 Å². The number of hydrogen-bond acceptors (Lipinski definition) is 8. The number of carbonyl (C=O) groups excluding carboxylic acids is 4. The van der Waals surface area contributed by atoms with E-state index in [-0.39, 0.29) is 47.5 Å². The second-order valence-electron chi connectivity index (χ2n) is 12.3.